The zero-order valence-electron chi connectivity index (χ0n) is 16.1. The van der Waals surface area contributed by atoms with E-state index < -0.39 is 0 Å². The Morgan fingerprint density at radius 2 is 2.15 bits per heavy atom. The van der Waals surface area contributed by atoms with Crippen LogP contribution in [0.4, 0.5) is 0 Å². The zero-order valence-corrected chi connectivity index (χ0v) is 16.1. The molecule has 2 heterocycles. The Kier molecular flexibility index (Phi) is 5.01. The lowest BCUT2D eigenvalue weighted by Gasteiger charge is -2.26. The molecule has 1 unspecified atom stereocenters. The molecule has 1 atom stereocenters. The second-order valence-electron chi connectivity index (χ2n) is 7.47. The molecule has 0 spiro atoms. The van der Waals surface area contributed by atoms with Crippen LogP contribution in [0, 0.1) is 6.92 Å². The van der Waals surface area contributed by atoms with Crippen LogP contribution in [0.5, 0.6) is 5.75 Å². The van der Waals surface area contributed by atoms with Crippen molar-refractivity contribution in [1.82, 2.24) is 25.4 Å². The molecule has 4 rings (SSSR count). The van der Waals surface area contributed by atoms with Crippen LogP contribution < -0.4 is 10.6 Å². The number of phenols is 1. The fourth-order valence-electron chi connectivity index (χ4n) is 4.20. The van der Waals surface area contributed by atoms with Crippen molar-refractivity contribution in [1.29, 1.82) is 0 Å². The maximum absolute atomic E-state index is 10.4. The van der Waals surface area contributed by atoms with E-state index in [0.29, 0.717) is 12.3 Å². The van der Waals surface area contributed by atoms with Gasteiger partial charge < -0.3 is 15.7 Å². The number of hydrogen-bond donors (Lipinski definition) is 3. The first kappa shape index (κ1) is 17.8. The van der Waals surface area contributed by atoms with E-state index in [0.717, 1.165) is 55.4 Å². The summed E-state index contributed by atoms with van der Waals surface area (Å²) >= 11 is 0. The molecule has 1 aliphatic heterocycles. The van der Waals surface area contributed by atoms with E-state index in [4.69, 9.17) is 0 Å². The molecule has 0 saturated carbocycles. The Balaban J connectivity index is 1.41. The van der Waals surface area contributed by atoms with Crippen molar-refractivity contribution in [2.45, 2.75) is 64.6 Å². The normalized spacial score (nSPS) is 19.3. The van der Waals surface area contributed by atoms with Crippen molar-refractivity contribution in [3.8, 4) is 5.75 Å². The maximum atomic E-state index is 10.4. The average molecular weight is 368 g/mol. The molecule has 1 aliphatic carbocycles. The fourth-order valence-corrected chi connectivity index (χ4v) is 4.20. The van der Waals surface area contributed by atoms with Crippen LogP contribution in [0.15, 0.2) is 17.1 Å². The molecule has 0 fully saturated rings. The number of phenolic OH excluding ortho intramolecular Hbond substituents is 1. The van der Waals surface area contributed by atoms with E-state index in [9.17, 15) is 5.11 Å². The van der Waals surface area contributed by atoms with Gasteiger partial charge in [-0.2, -0.15) is 5.10 Å². The highest BCUT2D eigenvalue weighted by atomic mass is 16.3. The monoisotopic (exact) mass is 368 g/mol. The summed E-state index contributed by atoms with van der Waals surface area (Å²) in [4.78, 5) is 8.83. The molecule has 2 aliphatic rings. The standard InChI is InChI=1S/C20H28N6O/c1-13-23-19-10-8-15(12-26(19)25-13)24-20(21-2)22-11-17-16-6-4-3-5-14(16)7-9-18(17)27/h7,9,15,27H,3-6,8,10-12H2,1-2H3,(H2,21,22,24). The summed E-state index contributed by atoms with van der Waals surface area (Å²) in [6.07, 6.45) is 6.51. The summed E-state index contributed by atoms with van der Waals surface area (Å²) < 4.78 is 1.99. The third-order valence-electron chi connectivity index (χ3n) is 5.59. The number of aromatic nitrogens is 3. The predicted octanol–water partition coefficient (Wildman–Crippen LogP) is 1.85. The molecule has 7 nitrogen and oxygen atoms in total. The van der Waals surface area contributed by atoms with Gasteiger partial charge in [-0.1, -0.05) is 6.07 Å². The minimum absolute atomic E-state index is 0.267. The molecule has 0 radical (unpaired) electrons. The Morgan fingerprint density at radius 1 is 1.30 bits per heavy atom. The average Bonchev–Trinajstić information content (AvgIpc) is 3.05. The van der Waals surface area contributed by atoms with E-state index in [1.807, 2.05) is 17.7 Å². The second-order valence-corrected chi connectivity index (χ2v) is 7.47. The largest absolute Gasteiger partial charge is 0.508 e. The van der Waals surface area contributed by atoms with Crippen LogP contribution in [0.2, 0.25) is 0 Å². The smallest absolute Gasteiger partial charge is 0.191 e. The summed E-state index contributed by atoms with van der Waals surface area (Å²) in [5.41, 5.74) is 3.69. The minimum atomic E-state index is 0.267. The van der Waals surface area contributed by atoms with Gasteiger partial charge in [0.25, 0.3) is 0 Å². The highest BCUT2D eigenvalue weighted by molar-refractivity contribution is 5.80. The van der Waals surface area contributed by atoms with Gasteiger partial charge in [-0.15, -0.1) is 0 Å². The Hall–Kier alpha value is -2.57. The van der Waals surface area contributed by atoms with Crippen LogP contribution in [0.25, 0.3) is 0 Å². The minimum Gasteiger partial charge on any atom is -0.508 e. The van der Waals surface area contributed by atoms with Crippen LogP contribution in [0.1, 0.15) is 47.6 Å². The SMILES string of the molecule is CN=C(NCc1c(O)ccc2c1CCCC2)NC1CCc2nc(C)nn2C1. The second kappa shape index (κ2) is 7.58. The molecule has 0 amide bonds. The van der Waals surface area contributed by atoms with Crippen LogP contribution >= 0.6 is 0 Å². The van der Waals surface area contributed by atoms with E-state index in [-0.39, 0.29) is 6.04 Å². The van der Waals surface area contributed by atoms with Gasteiger partial charge in [0.05, 0.1) is 6.54 Å². The molecule has 1 aromatic heterocycles. The molecule has 0 bridgehead atoms. The molecular formula is C20H28N6O. The van der Waals surface area contributed by atoms with E-state index in [1.54, 1.807) is 7.05 Å². The van der Waals surface area contributed by atoms with Gasteiger partial charge in [0.15, 0.2) is 5.96 Å². The quantitative estimate of drug-likeness (QED) is 0.568. The highest BCUT2D eigenvalue weighted by Crippen LogP contribution is 2.30. The molecule has 0 saturated heterocycles. The number of aliphatic imine (C=N–C) groups is 1. The summed E-state index contributed by atoms with van der Waals surface area (Å²) in [7, 11) is 1.78. The number of benzene rings is 1. The van der Waals surface area contributed by atoms with Crippen molar-refractivity contribution in [2.24, 2.45) is 4.99 Å². The van der Waals surface area contributed by atoms with Crippen molar-refractivity contribution < 1.29 is 5.11 Å². The lowest BCUT2D eigenvalue weighted by atomic mass is 9.88. The van der Waals surface area contributed by atoms with E-state index in [2.05, 4.69) is 31.8 Å². The summed E-state index contributed by atoms with van der Waals surface area (Å²) in [6, 6.07) is 4.16. The van der Waals surface area contributed by atoms with Gasteiger partial charge in [0.2, 0.25) is 0 Å². The molecule has 3 N–H and O–H groups in total. The molecule has 27 heavy (non-hydrogen) atoms. The number of aromatic hydroxyl groups is 1. The van der Waals surface area contributed by atoms with Crippen molar-refractivity contribution in [3.05, 3.63) is 40.5 Å². The number of aryl methyl sites for hydroxylation is 3. The molecule has 7 heteroatoms. The Labute approximate surface area is 159 Å². The molecule has 2 aromatic rings. The summed E-state index contributed by atoms with van der Waals surface area (Å²) in [6.45, 7) is 3.30. The van der Waals surface area contributed by atoms with Crippen LogP contribution in [-0.4, -0.2) is 38.9 Å². The Bertz CT molecular complexity index is 856. The number of rotatable bonds is 3. The number of fused-ring (bicyclic) bond motifs is 2. The van der Waals surface area contributed by atoms with Crippen molar-refractivity contribution in [3.63, 3.8) is 0 Å². The molecular weight excluding hydrogens is 340 g/mol. The first-order valence-corrected chi connectivity index (χ1v) is 9.84. The van der Waals surface area contributed by atoms with Gasteiger partial charge in [0, 0.05) is 31.6 Å². The lowest BCUT2D eigenvalue weighted by Crippen LogP contribution is -2.46. The van der Waals surface area contributed by atoms with E-state index in [1.165, 1.54) is 24.0 Å². The zero-order chi connectivity index (χ0) is 18.8. The topological polar surface area (TPSA) is 87.4 Å². The summed E-state index contributed by atoms with van der Waals surface area (Å²) in [5.74, 6) is 3.03. The number of guanidine groups is 1. The maximum Gasteiger partial charge on any atom is 0.191 e. The summed E-state index contributed by atoms with van der Waals surface area (Å²) in [5, 5.41) is 21.7. The fraction of sp³-hybridized carbons (Fsp3) is 0.550. The first-order valence-electron chi connectivity index (χ1n) is 9.84. The Morgan fingerprint density at radius 3 is 3.00 bits per heavy atom. The van der Waals surface area contributed by atoms with Gasteiger partial charge in [0.1, 0.15) is 17.4 Å². The van der Waals surface area contributed by atoms with Crippen LogP contribution in [-0.2, 0) is 32.4 Å². The number of nitrogens with one attached hydrogen (secondary N) is 2. The number of nitrogens with zero attached hydrogens (tertiary/aromatic N) is 4. The molecule has 144 valence electrons. The van der Waals surface area contributed by atoms with Gasteiger partial charge in [-0.3, -0.25) is 4.99 Å². The lowest BCUT2D eigenvalue weighted by molar-refractivity contribution is 0.392. The third kappa shape index (κ3) is 3.77. The van der Waals surface area contributed by atoms with Crippen LogP contribution in [0.3, 0.4) is 0 Å². The molecule has 1 aromatic carbocycles. The first-order chi connectivity index (χ1) is 13.1. The van der Waals surface area contributed by atoms with Crippen molar-refractivity contribution >= 4 is 5.96 Å². The van der Waals surface area contributed by atoms with E-state index >= 15 is 0 Å². The van der Waals surface area contributed by atoms with Crippen molar-refractivity contribution in [2.75, 3.05) is 7.05 Å². The number of hydrogen-bond acceptors (Lipinski definition) is 4. The highest BCUT2D eigenvalue weighted by Gasteiger charge is 2.22. The third-order valence-corrected chi connectivity index (χ3v) is 5.59. The predicted molar refractivity (Wildman–Crippen MR) is 105 cm³/mol. The van der Waals surface area contributed by atoms with Gasteiger partial charge in [-0.25, -0.2) is 9.67 Å². The van der Waals surface area contributed by atoms with Gasteiger partial charge >= 0.3 is 0 Å². The van der Waals surface area contributed by atoms with Gasteiger partial charge in [-0.05, 0) is 56.2 Å².